The van der Waals surface area contributed by atoms with Crippen LogP contribution in [-0.4, -0.2) is 69.3 Å². The molecule has 0 radical (unpaired) electrons. The average Bonchev–Trinajstić information content (AvgIpc) is 3.46. The average molecular weight is 456 g/mol. The van der Waals surface area contributed by atoms with Crippen molar-refractivity contribution in [3.05, 3.63) is 66.0 Å². The summed E-state index contributed by atoms with van der Waals surface area (Å²) in [4.78, 5) is 25.9. The minimum Gasteiger partial charge on any atom is -0.467 e. The number of H-pyrrole nitrogens is 1. The number of carbonyl (C=O) groups is 1. The molecule has 2 atom stereocenters. The van der Waals surface area contributed by atoms with Crippen molar-refractivity contribution >= 4 is 22.6 Å². The topological polar surface area (TPSA) is 99.3 Å². The lowest BCUT2D eigenvalue weighted by Crippen LogP contribution is -2.48. The zero-order valence-electron chi connectivity index (χ0n) is 19.0. The maximum Gasteiger partial charge on any atom is 0.322 e. The molecule has 2 aliphatic heterocycles. The van der Waals surface area contributed by atoms with Crippen LogP contribution in [0.15, 0.2) is 54.9 Å². The summed E-state index contributed by atoms with van der Waals surface area (Å²) >= 11 is 0. The lowest BCUT2D eigenvalue weighted by molar-refractivity contribution is 0.177. The highest BCUT2D eigenvalue weighted by Gasteiger charge is 2.40. The molecule has 2 N–H and O–H groups in total. The van der Waals surface area contributed by atoms with E-state index in [0.29, 0.717) is 12.6 Å². The summed E-state index contributed by atoms with van der Waals surface area (Å²) in [6.07, 6.45) is 3.40. The van der Waals surface area contributed by atoms with Crippen LogP contribution < -0.4 is 10.1 Å². The molecular formula is C25H25N7O2. The van der Waals surface area contributed by atoms with E-state index in [4.69, 9.17) is 4.74 Å². The van der Waals surface area contributed by atoms with Crippen molar-refractivity contribution in [1.82, 2.24) is 30.0 Å². The van der Waals surface area contributed by atoms with Gasteiger partial charge in [-0.2, -0.15) is 5.10 Å². The molecule has 4 heterocycles. The number of likely N-dealkylation sites (tertiary alicyclic amines) is 1. The minimum atomic E-state index is -0.0589. The number of nitrogens with one attached hydrogen (secondary N) is 2. The Morgan fingerprint density at radius 3 is 2.65 bits per heavy atom. The smallest absolute Gasteiger partial charge is 0.322 e. The van der Waals surface area contributed by atoms with Crippen molar-refractivity contribution in [2.24, 2.45) is 0 Å². The van der Waals surface area contributed by atoms with Gasteiger partial charge >= 0.3 is 12.0 Å². The third-order valence-corrected chi connectivity index (χ3v) is 6.81. The molecular weight excluding hydrogens is 430 g/mol. The van der Waals surface area contributed by atoms with E-state index in [2.05, 4.69) is 67.8 Å². The van der Waals surface area contributed by atoms with Gasteiger partial charge in [-0.1, -0.05) is 30.3 Å². The van der Waals surface area contributed by atoms with Crippen LogP contribution in [0.5, 0.6) is 6.01 Å². The maximum atomic E-state index is 13.2. The number of rotatable bonds is 4. The van der Waals surface area contributed by atoms with Crippen LogP contribution in [0, 0.1) is 0 Å². The summed E-state index contributed by atoms with van der Waals surface area (Å²) in [5.41, 5.74) is 5.56. The highest BCUT2D eigenvalue weighted by molar-refractivity contribution is 6.00. The van der Waals surface area contributed by atoms with Gasteiger partial charge in [0.15, 0.2) is 0 Å². The van der Waals surface area contributed by atoms with E-state index >= 15 is 0 Å². The lowest BCUT2D eigenvalue weighted by Gasteiger charge is -2.36. The first kappa shape index (κ1) is 20.6. The lowest BCUT2D eigenvalue weighted by atomic mass is 9.92. The summed E-state index contributed by atoms with van der Waals surface area (Å²) in [5.74, 6) is 0.267. The van der Waals surface area contributed by atoms with E-state index in [0.717, 1.165) is 46.5 Å². The van der Waals surface area contributed by atoms with Crippen molar-refractivity contribution in [2.45, 2.75) is 18.5 Å². The number of benzene rings is 2. The van der Waals surface area contributed by atoms with Gasteiger partial charge < -0.3 is 19.9 Å². The number of amides is 2. The van der Waals surface area contributed by atoms with Crippen LogP contribution in [0.3, 0.4) is 0 Å². The summed E-state index contributed by atoms with van der Waals surface area (Å²) in [6.45, 7) is 2.31. The summed E-state index contributed by atoms with van der Waals surface area (Å²) in [7, 11) is 3.65. The van der Waals surface area contributed by atoms with Crippen LogP contribution in [0.4, 0.5) is 10.5 Å². The quantitative estimate of drug-likeness (QED) is 0.489. The van der Waals surface area contributed by atoms with Crippen LogP contribution in [0.2, 0.25) is 0 Å². The first-order valence-corrected chi connectivity index (χ1v) is 11.3. The highest BCUT2D eigenvalue weighted by Crippen LogP contribution is 2.37. The molecule has 0 aliphatic carbocycles. The van der Waals surface area contributed by atoms with Gasteiger partial charge in [0.2, 0.25) is 0 Å². The van der Waals surface area contributed by atoms with E-state index in [1.54, 1.807) is 12.4 Å². The second kappa shape index (κ2) is 8.11. The van der Waals surface area contributed by atoms with Crippen LogP contribution >= 0.6 is 0 Å². The fourth-order valence-electron chi connectivity index (χ4n) is 5.15. The fourth-order valence-corrected chi connectivity index (χ4v) is 5.15. The Kier molecular flexibility index (Phi) is 4.91. The molecule has 6 rings (SSSR count). The van der Waals surface area contributed by atoms with Gasteiger partial charge in [-0.15, -0.1) is 0 Å². The Morgan fingerprint density at radius 2 is 1.88 bits per heavy atom. The molecule has 0 spiro atoms. The van der Waals surface area contributed by atoms with Crippen molar-refractivity contribution in [3.63, 3.8) is 0 Å². The van der Waals surface area contributed by atoms with Crippen molar-refractivity contribution < 1.29 is 9.53 Å². The maximum absolute atomic E-state index is 13.2. The van der Waals surface area contributed by atoms with Gasteiger partial charge in [-0.25, -0.2) is 14.8 Å². The largest absolute Gasteiger partial charge is 0.467 e. The number of anilines is 1. The molecule has 0 saturated carbocycles. The molecule has 2 aromatic carbocycles. The number of carbonyl (C=O) groups excluding carboxylic acids is 1. The van der Waals surface area contributed by atoms with Gasteiger partial charge in [0.05, 0.1) is 18.7 Å². The number of urea groups is 1. The van der Waals surface area contributed by atoms with Crippen molar-refractivity contribution in [1.29, 1.82) is 0 Å². The second-order valence-corrected chi connectivity index (χ2v) is 8.95. The molecule has 2 amide bonds. The molecule has 9 nitrogen and oxygen atoms in total. The second-order valence-electron chi connectivity index (χ2n) is 8.95. The Morgan fingerprint density at radius 1 is 1.09 bits per heavy atom. The Bertz CT molecular complexity index is 1350. The van der Waals surface area contributed by atoms with Crippen LogP contribution in [-0.2, 0) is 6.54 Å². The molecule has 172 valence electrons. The highest BCUT2D eigenvalue weighted by atomic mass is 16.5. The molecule has 2 unspecified atom stereocenters. The molecule has 34 heavy (non-hydrogen) atoms. The number of hydrogen-bond acceptors (Lipinski definition) is 6. The number of fused-ring (bicyclic) bond motifs is 2. The van der Waals surface area contributed by atoms with E-state index in [1.807, 2.05) is 17.0 Å². The fraction of sp³-hybridized carbons (Fsp3) is 0.280. The zero-order chi connectivity index (χ0) is 23.2. The predicted molar refractivity (Wildman–Crippen MR) is 129 cm³/mol. The Balaban J connectivity index is 1.35. The van der Waals surface area contributed by atoms with E-state index < -0.39 is 0 Å². The normalized spacial score (nSPS) is 20.4. The number of hydrogen-bond donors (Lipinski definition) is 2. The monoisotopic (exact) mass is 455 g/mol. The number of aromatic nitrogens is 4. The summed E-state index contributed by atoms with van der Waals surface area (Å²) in [5, 5.41) is 11.6. The van der Waals surface area contributed by atoms with Crippen LogP contribution in [0.25, 0.3) is 22.2 Å². The van der Waals surface area contributed by atoms with E-state index in [-0.39, 0.29) is 18.0 Å². The predicted octanol–water partition coefficient (Wildman–Crippen LogP) is 3.47. The van der Waals surface area contributed by atoms with Crippen molar-refractivity contribution in [3.8, 4) is 17.3 Å². The molecule has 9 heteroatoms. The van der Waals surface area contributed by atoms with E-state index in [1.165, 1.54) is 12.7 Å². The molecule has 2 aromatic heterocycles. The van der Waals surface area contributed by atoms with Gasteiger partial charge in [0.1, 0.15) is 5.69 Å². The number of ether oxygens (including phenoxy) is 1. The number of methoxy groups -OCH3 is 1. The van der Waals surface area contributed by atoms with Gasteiger partial charge in [-0.3, -0.25) is 5.10 Å². The summed E-state index contributed by atoms with van der Waals surface area (Å²) in [6, 6.07) is 14.9. The number of likely N-dealkylation sites (N-methyl/N-ethyl adjacent to an activating group) is 1. The molecule has 1 saturated heterocycles. The number of aromatic amines is 1. The van der Waals surface area contributed by atoms with Gasteiger partial charge in [0, 0.05) is 54.6 Å². The third-order valence-electron chi connectivity index (χ3n) is 6.81. The number of nitrogens with zero attached hydrogens (tertiary/aromatic N) is 5. The van der Waals surface area contributed by atoms with Gasteiger partial charge in [0.25, 0.3) is 0 Å². The van der Waals surface area contributed by atoms with Gasteiger partial charge in [-0.05, 0) is 30.3 Å². The standard InChI is InChI=1S/C25H25N7O2/c1-31-13-19(15-6-4-3-5-7-15)22(14-31)32-12-16-8-18-21(9-20(16)28-25(32)33)29-30-23(18)17-10-26-24(34-2)27-11-17/h3-11,19,22H,12-14H2,1-2H3,(H,28,33)(H,29,30). The van der Waals surface area contributed by atoms with E-state index in [9.17, 15) is 4.79 Å². The van der Waals surface area contributed by atoms with Crippen molar-refractivity contribution in [2.75, 3.05) is 32.6 Å². The molecule has 2 aliphatic rings. The minimum absolute atomic E-state index is 0.0589. The Labute approximate surface area is 196 Å². The third kappa shape index (κ3) is 3.45. The summed E-state index contributed by atoms with van der Waals surface area (Å²) < 4.78 is 5.07. The first-order valence-electron chi connectivity index (χ1n) is 11.3. The zero-order valence-corrected chi connectivity index (χ0v) is 19.0. The first-order chi connectivity index (χ1) is 16.6. The Hall–Kier alpha value is -3.98. The SMILES string of the molecule is COc1ncc(-c2n[nH]c3cc4c(cc23)CN(C2CN(C)CC2c2ccccc2)C(=O)N4)cn1. The molecule has 4 aromatic rings. The van der Waals surface area contributed by atoms with Crippen LogP contribution in [0.1, 0.15) is 17.0 Å². The molecule has 0 bridgehead atoms. The molecule has 1 fully saturated rings.